The maximum Gasteiger partial charge on any atom is 0.314 e. The number of thiazole rings is 1. The molecule has 0 aliphatic carbocycles. The molecule has 3 aromatic rings. The summed E-state index contributed by atoms with van der Waals surface area (Å²) in [7, 11) is 2.74. The molecule has 24 heavy (non-hydrogen) atoms. The van der Waals surface area contributed by atoms with E-state index in [0.717, 1.165) is 5.69 Å². The van der Waals surface area contributed by atoms with Crippen LogP contribution in [0.2, 0.25) is 0 Å². The number of aromatic nitrogens is 2. The predicted octanol–water partition coefficient (Wildman–Crippen LogP) is 3.11. The summed E-state index contributed by atoms with van der Waals surface area (Å²) in [5.41, 5.74) is 1.87. The maximum atomic E-state index is 11.6. The summed E-state index contributed by atoms with van der Waals surface area (Å²) in [6.07, 6.45) is 0.711. The second-order valence-corrected chi connectivity index (χ2v) is 5.78. The minimum atomic E-state index is -0.554. The van der Waals surface area contributed by atoms with Crippen molar-refractivity contribution < 1.29 is 19.2 Å². The van der Waals surface area contributed by atoms with Gasteiger partial charge in [0.1, 0.15) is 17.1 Å². The fourth-order valence-corrected chi connectivity index (χ4v) is 3.41. The third-order valence-corrected chi connectivity index (χ3v) is 4.58. The number of aryl methyl sites for hydroxylation is 1. The van der Waals surface area contributed by atoms with Gasteiger partial charge in [0, 0.05) is 22.7 Å². The molecule has 2 aromatic heterocycles. The molecule has 2 heterocycles. The van der Waals surface area contributed by atoms with Crippen LogP contribution in [0.4, 0.5) is 5.69 Å². The molecule has 8 nitrogen and oxygen atoms in total. The number of nitro benzene ring substituents is 1. The first-order chi connectivity index (χ1) is 11.5. The van der Waals surface area contributed by atoms with Gasteiger partial charge in [0.2, 0.25) is 0 Å². The Morgan fingerprint density at radius 3 is 2.58 bits per heavy atom. The first-order valence-corrected chi connectivity index (χ1v) is 7.72. The van der Waals surface area contributed by atoms with Crippen molar-refractivity contribution in [1.29, 1.82) is 0 Å². The summed E-state index contributed by atoms with van der Waals surface area (Å²) in [6.45, 7) is 1.87. The number of carbonyl (C=O) groups is 1. The molecule has 0 radical (unpaired) electrons. The van der Waals surface area contributed by atoms with Gasteiger partial charge in [-0.05, 0) is 6.92 Å². The Morgan fingerprint density at radius 1 is 1.29 bits per heavy atom. The molecule has 124 valence electrons. The lowest BCUT2D eigenvalue weighted by molar-refractivity contribution is -0.385. The number of benzene rings is 1. The summed E-state index contributed by atoms with van der Waals surface area (Å²) in [5, 5.41) is 13.1. The largest absolute Gasteiger partial charge is 0.496 e. The van der Waals surface area contributed by atoms with Crippen molar-refractivity contribution >= 4 is 28.3 Å². The smallest absolute Gasteiger partial charge is 0.314 e. The Bertz CT molecular complexity index is 960. The van der Waals surface area contributed by atoms with Crippen molar-refractivity contribution in [3.8, 4) is 22.8 Å². The fourth-order valence-electron chi connectivity index (χ4n) is 2.54. The lowest BCUT2D eigenvalue weighted by atomic mass is 10.1. The van der Waals surface area contributed by atoms with Crippen molar-refractivity contribution in [2.45, 2.75) is 6.92 Å². The highest BCUT2D eigenvalue weighted by molar-refractivity contribution is 7.15. The average Bonchev–Trinajstić information content (AvgIpc) is 3.12. The maximum absolute atomic E-state index is 11.6. The van der Waals surface area contributed by atoms with Gasteiger partial charge in [-0.2, -0.15) is 0 Å². The molecule has 0 aliphatic rings. The average molecular weight is 347 g/mol. The van der Waals surface area contributed by atoms with Crippen LogP contribution >= 0.6 is 11.3 Å². The van der Waals surface area contributed by atoms with E-state index in [1.54, 1.807) is 4.40 Å². The van der Waals surface area contributed by atoms with Gasteiger partial charge in [-0.15, -0.1) is 11.3 Å². The molecule has 0 amide bonds. The molecule has 9 heteroatoms. The van der Waals surface area contributed by atoms with Gasteiger partial charge >= 0.3 is 5.69 Å². The normalized spacial score (nSPS) is 10.8. The van der Waals surface area contributed by atoms with Crippen molar-refractivity contribution in [3.05, 3.63) is 39.0 Å². The monoisotopic (exact) mass is 347 g/mol. The van der Waals surface area contributed by atoms with E-state index >= 15 is 0 Å². The van der Waals surface area contributed by atoms with Crippen molar-refractivity contribution in [2.24, 2.45) is 0 Å². The van der Waals surface area contributed by atoms with E-state index < -0.39 is 4.92 Å². The number of ether oxygens (including phenoxy) is 2. The number of methoxy groups -OCH3 is 2. The molecule has 0 atom stereocenters. The Labute approximate surface area is 140 Å². The standard InChI is InChI=1S/C15H13N3O5S/c1-8-7-24-15-16-14(11(6-19)17(8)15)9-4-13(23-3)10(18(20)21)5-12(9)22-2/h4-7H,1-3H3. The number of nitro groups is 1. The summed E-state index contributed by atoms with van der Waals surface area (Å²) in [5.74, 6) is 0.315. The number of fused-ring (bicyclic) bond motifs is 1. The Morgan fingerprint density at radius 2 is 2.00 bits per heavy atom. The third kappa shape index (κ3) is 2.29. The van der Waals surface area contributed by atoms with Gasteiger partial charge in [-0.3, -0.25) is 19.3 Å². The SMILES string of the molecule is COc1cc([N+](=O)[O-])c(OC)cc1-c1nc2scc(C)n2c1C=O. The van der Waals surface area contributed by atoms with Crippen LogP contribution in [0.3, 0.4) is 0 Å². The Hall–Kier alpha value is -2.94. The van der Waals surface area contributed by atoms with Crippen LogP contribution < -0.4 is 9.47 Å². The number of rotatable bonds is 5. The lowest BCUT2D eigenvalue weighted by Gasteiger charge is -2.10. The number of hydrogen-bond acceptors (Lipinski definition) is 7. The minimum absolute atomic E-state index is 0.0701. The number of aldehydes is 1. The highest BCUT2D eigenvalue weighted by atomic mass is 32.1. The molecular formula is C15H13N3O5S. The van der Waals surface area contributed by atoms with Crippen LogP contribution in [0.1, 0.15) is 16.2 Å². The Balaban J connectivity index is 2.33. The summed E-state index contributed by atoms with van der Waals surface area (Å²) in [4.78, 5) is 27.4. The van der Waals surface area contributed by atoms with E-state index in [2.05, 4.69) is 4.98 Å². The second kappa shape index (κ2) is 5.93. The van der Waals surface area contributed by atoms with E-state index in [9.17, 15) is 14.9 Å². The summed E-state index contributed by atoms with van der Waals surface area (Å²) >= 11 is 1.40. The predicted molar refractivity (Wildman–Crippen MR) is 88.4 cm³/mol. The van der Waals surface area contributed by atoms with Crippen LogP contribution in [0, 0.1) is 17.0 Å². The first-order valence-electron chi connectivity index (χ1n) is 6.84. The van der Waals surface area contributed by atoms with E-state index in [0.29, 0.717) is 28.2 Å². The number of carbonyl (C=O) groups excluding carboxylic acids is 1. The van der Waals surface area contributed by atoms with Crippen LogP contribution in [-0.4, -0.2) is 34.8 Å². The minimum Gasteiger partial charge on any atom is -0.496 e. The van der Waals surface area contributed by atoms with Gasteiger partial charge in [-0.25, -0.2) is 4.98 Å². The van der Waals surface area contributed by atoms with Gasteiger partial charge in [0.15, 0.2) is 17.0 Å². The molecule has 0 spiro atoms. The molecule has 0 fully saturated rings. The second-order valence-electron chi connectivity index (χ2n) is 4.94. The van der Waals surface area contributed by atoms with Crippen LogP contribution in [0.5, 0.6) is 11.5 Å². The fraction of sp³-hybridized carbons (Fsp3) is 0.200. The number of nitrogens with zero attached hydrogens (tertiary/aromatic N) is 3. The summed E-state index contributed by atoms with van der Waals surface area (Å²) in [6, 6.07) is 2.73. The van der Waals surface area contributed by atoms with E-state index in [-0.39, 0.29) is 17.2 Å². The van der Waals surface area contributed by atoms with Gasteiger partial charge in [0.05, 0.1) is 25.2 Å². The van der Waals surface area contributed by atoms with Crippen molar-refractivity contribution in [3.63, 3.8) is 0 Å². The summed E-state index contributed by atoms with van der Waals surface area (Å²) < 4.78 is 12.1. The molecule has 0 bridgehead atoms. The molecule has 0 saturated carbocycles. The first kappa shape index (κ1) is 15.9. The van der Waals surface area contributed by atoms with Gasteiger partial charge in [-0.1, -0.05) is 0 Å². The lowest BCUT2D eigenvalue weighted by Crippen LogP contribution is -1.99. The molecule has 0 aliphatic heterocycles. The van der Waals surface area contributed by atoms with E-state index in [1.807, 2.05) is 12.3 Å². The van der Waals surface area contributed by atoms with Gasteiger partial charge < -0.3 is 9.47 Å². The zero-order chi connectivity index (χ0) is 17.4. The van der Waals surface area contributed by atoms with Crippen molar-refractivity contribution in [2.75, 3.05) is 14.2 Å². The molecule has 0 unspecified atom stereocenters. The quantitative estimate of drug-likeness (QED) is 0.400. The highest BCUT2D eigenvalue weighted by Gasteiger charge is 2.25. The molecular weight excluding hydrogens is 334 g/mol. The van der Waals surface area contributed by atoms with Crippen LogP contribution in [0.25, 0.3) is 16.2 Å². The number of imidazole rings is 1. The zero-order valence-electron chi connectivity index (χ0n) is 13.1. The van der Waals surface area contributed by atoms with E-state index in [1.165, 1.54) is 37.7 Å². The molecule has 0 N–H and O–H groups in total. The third-order valence-electron chi connectivity index (χ3n) is 3.63. The Kier molecular flexibility index (Phi) is 3.94. The topological polar surface area (TPSA) is 96.0 Å². The zero-order valence-corrected chi connectivity index (χ0v) is 13.9. The van der Waals surface area contributed by atoms with Crippen molar-refractivity contribution in [1.82, 2.24) is 9.38 Å². The van der Waals surface area contributed by atoms with Crippen LogP contribution in [-0.2, 0) is 0 Å². The number of hydrogen-bond donors (Lipinski definition) is 0. The van der Waals surface area contributed by atoms with Gasteiger partial charge in [0.25, 0.3) is 0 Å². The van der Waals surface area contributed by atoms with Crippen LogP contribution in [0.15, 0.2) is 17.5 Å². The molecule has 3 rings (SSSR count). The highest BCUT2D eigenvalue weighted by Crippen LogP contribution is 2.41. The van der Waals surface area contributed by atoms with E-state index in [4.69, 9.17) is 9.47 Å². The molecule has 1 aromatic carbocycles. The molecule has 0 saturated heterocycles.